The van der Waals surface area contributed by atoms with Gasteiger partial charge < -0.3 is 15.0 Å². The van der Waals surface area contributed by atoms with Gasteiger partial charge in [-0.2, -0.15) is 0 Å². The first kappa shape index (κ1) is 16.2. The van der Waals surface area contributed by atoms with Crippen molar-refractivity contribution in [2.24, 2.45) is 0 Å². The summed E-state index contributed by atoms with van der Waals surface area (Å²) in [6, 6.07) is 1.58. The highest BCUT2D eigenvalue weighted by atomic mass is 19.1. The van der Waals surface area contributed by atoms with Crippen LogP contribution in [0.3, 0.4) is 0 Å². The molecule has 0 saturated carbocycles. The van der Waals surface area contributed by atoms with Gasteiger partial charge in [-0.25, -0.2) is 9.37 Å². The Labute approximate surface area is 126 Å². The van der Waals surface area contributed by atoms with Crippen molar-refractivity contribution < 1.29 is 9.13 Å². The zero-order valence-corrected chi connectivity index (χ0v) is 13.4. The predicted octanol–water partition coefficient (Wildman–Crippen LogP) is 2.72. The molecule has 1 aliphatic rings. The summed E-state index contributed by atoms with van der Waals surface area (Å²) in [7, 11) is 0. The lowest BCUT2D eigenvalue weighted by Gasteiger charge is -2.27. The Balaban J connectivity index is 2.21. The zero-order valence-electron chi connectivity index (χ0n) is 13.4. The van der Waals surface area contributed by atoms with E-state index in [1.807, 2.05) is 0 Å². The van der Waals surface area contributed by atoms with Crippen LogP contribution in [0.4, 0.5) is 10.2 Å². The first-order valence-electron chi connectivity index (χ1n) is 7.61. The average Bonchev–Trinajstić information content (AvgIpc) is 2.60. The highest BCUT2D eigenvalue weighted by Gasteiger charge is 2.20. The van der Waals surface area contributed by atoms with Crippen molar-refractivity contribution in [3.05, 3.63) is 23.6 Å². The maximum atomic E-state index is 13.6. The molecule has 21 heavy (non-hydrogen) atoms. The molecule has 2 rings (SSSR count). The van der Waals surface area contributed by atoms with Crippen LogP contribution in [0.1, 0.15) is 39.7 Å². The van der Waals surface area contributed by atoms with Gasteiger partial charge in [0.05, 0.1) is 12.3 Å². The molecular formula is C16H26FN3O. The molecule has 2 heterocycles. The molecular weight excluding hydrogens is 269 g/mol. The summed E-state index contributed by atoms with van der Waals surface area (Å²) in [6.07, 6.45) is 2.43. The second-order valence-corrected chi connectivity index (χ2v) is 6.72. The number of hydrogen-bond acceptors (Lipinski definition) is 4. The third kappa shape index (κ3) is 4.93. The third-order valence-electron chi connectivity index (χ3n) is 3.47. The second kappa shape index (κ2) is 6.71. The molecule has 0 spiro atoms. The van der Waals surface area contributed by atoms with E-state index in [9.17, 15) is 4.39 Å². The molecule has 1 atom stereocenters. The lowest BCUT2D eigenvalue weighted by atomic mass is 10.1. The summed E-state index contributed by atoms with van der Waals surface area (Å²) in [4.78, 5) is 6.54. The molecule has 1 aromatic heterocycles. The van der Waals surface area contributed by atoms with E-state index in [-0.39, 0.29) is 17.5 Å². The summed E-state index contributed by atoms with van der Waals surface area (Å²) in [5.41, 5.74) is 0.887. The van der Waals surface area contributed by atoms with Crippen LogP contribution in [0.5, 0.6) is 0 Å². The van der Waals surface area contributed by atoms with Gasteiger partial charge in [0.25, 0.3) is 0 Å². The van der Waals surface area contributed by atoms with E-state index >= 15 is 0 Å². The van der Waals surface area contributed by atoms with Gasteiger partial charge in [0.15, 0.2) is 0 Å². The standard InChI is InChI=1S/C16H26FN3O/c1-12-11-20(6-5-7-21-12)15-13(8-14(17)10-18-15)9-19-16(2,3)4/h8,10,12,19H,5-7,9,11H2,1-4H3. The van der Waals surface area contributed by atoms with E-state index in [4.69, 9.17) is 4.74 Å². The van der Waals surface area contributed by atoms with E-state index in [1.165, 1.54) is 6.20 Å². The summed E-state index contributed by atoms with van der Waals surface area (Å²) in [5, 5.41) is 3.41. The molecule has 1 N–H and O–H groups in total. The van der Waals surface area contributed by atoms with Gasteiger partial charge >= 0.3 is 0 Å². The second-order valence-electron chi connectivity index (χ2n) is 6.72. The molecule has 0 bridgehead atoms. The molecule has 5 heteroatoms. The van der Waals surface area contributed by atoms with Crippen molar-refractivity contribution in [1.29, 1.82) is 0 Å². The number of pyridine rings is 1. The van der Waals surface area contributed by atoms with Crippen molar-refractivity contribution in [2.75, 3.05) is 24.6 Å². The average molecular weight is 295 g/mol. The van der Waals surface area contributed by atoms with Crippen LogP contribution in [-0.2, 0) is 11.3 Å². The summed E-state index contributed by atoms with van der Waals surface area (Å²) in [5.74, 6) is 0.578. The van der Waals surface area contributed by atoms with Crippen molar-refractivity contribution in [2.45, 2.75) is 52.3 Å². The number of nitrogens with zero attached hydrogens (tertiary/aromatic N) is 2. The molecule has 1 unspecified atom stereocenters. The molecule has 1 saturated heterocycles. The Morgan fingerprint density at radius 2 is 2.24 bits per heavy atom. The number of ether oxygens (including phenoxy) is 1. The minimum absolute atomic E-state index is 0.0151. The van der Waals surface area contributed by atoms with Crippen molar-refractivity contribution >= 4 is 5.82 Å². The maximum absolute atomic E-state index is 13.6. The van der Waals surface area contributed by atoms with Gasteiger partial charge in [-0.3, -0.25) is 0 Å². The lowest BCUT2D eigenvalue weighted by molar-refractivity contribution is 0.0820. The van der Waals surface area contributed by atoms with Gasteiger partial charge in [0.1, 0.15) is 11.6 Å². The Hall–Kier alpha value is -1.20. The SMILES string of the molecule is CC1CN(c2ncc(F)cc2CNC(C)(C)C)CCCO1. The Morgan fingerprint density at radius 1 is 1.48 bits per heavy atom. The van der Waals surface area contributed by atoms with Gasteiger partial charge in [-0.15, -0.1) is 0 Å². The van der Waals surface area contributed by atoms with Crippen LogP contribution >= 0.6 is 0 Å². The first-order chi connectivity index (χ1) is 9.85. The van der Waals surface area contributed by atoms with Crippen LogP contribution in [-0.4, -0.2) is 36.3 Å². The summed E-state index contributed by atoms with van der Waals surface area (Å²) < 4.78 is 19.2. The van der Waals surface area contributed by atoms with Crippen LogP contribution in [0, 0.1) is 5.82 Å². The summed E-state index contributed by atoms with van der Waals surface area (Å²) in [6.45, 7) is 11.4. The molecule has 0 amide bonds. The Bertz CT molecular complexity index is 473. The number of hydrogen-bond donors (Lipinski definition) is 1. The fourth-order valence-corrected chi connectivity index (χ4v) is 2.44. The van der Waals surface area contributed by atoms with Crippen molar-refractivity contribution in [1.82, 2.24) is 10.3 Å². The number of halogens is 1. The van der Waals surface area contributed by atoms with Crippen LogP contribution < -0.4 is 10.2 Å². The minimum atomic E-state index is -0.288. The highest BCUT2D eigenvalue weighted by Crippen LogP contribution is 2.22. The fourth-order valence-electron chi connectivity index (χ4n) is 2.44. The van der Waals surface area contributed by atoms with Gasteiger partial charge in [0, 0.05) is 37.3 Å². The fraction of sp³-hybridized carbons (Fsp3) is 0.688. The molecule has 0 aliphatic carbocycles. The molecule has 4 nitrogen and oxygen atoms in total. The number of anilines is 1. The maximum Gasteiger partial charge on any atom is 0.141 e. The molecule has 1 fully saturated rings. The third-order valence-corrected chi connectivity index (χ3v) is 3.47. The molecule has 1 aliphatic heterocycles. The predicted molar refractivity (Wildman–Crippen MR) is 83.0 cm³/mol. The Kier molecular flexibility index (Phi) is 5.17. The quantitative estimate of drug-likeness (QED) is 0.930. The highest BCUT2D eigenvalue weighted by molar-refractivity contribution is 5.47. The van der Waals surface area contributed by atoms with Gasteiger partial charge in [-0.1, -0.05) is 0 Å². The van der Waals surface area contributed by atoms with Crippen molar-refractivity contribution in [3.63, 3.8) is 0 Å². The first-order valence-corrected chi connectivity index (χ1v) is 7.61. The topological polar surface area (TPSA) is 37.4 Å². The monoisotopic (exact) mass is 295 g/mol. The van der Waals surface area contributed by atoms with E-state index in [0.717, 1.165) is 37.5 Å². The van der Waals surface area contributed by atoms with E-state index < -0.39 is 0 Å². The van der Waals surface area contributed by atoms with Crippen LogP contribution in [0.15, 0.2) is 12.3 Å². The van der Waals surface area contributed by atoms with Gasteiger partial charge in [-0.05, 0) is 40.2 Å². The summed E-state index contributed by atoms with van der Waals surface area (Å²) >= 11 is 0. The number of aromatic nitrogens is 1. The molecule has 0 aromatic carbocycles. The molecule has 1 aromatic rings. The minimum Gasteiger partial charge on any atom is -0.377 e. The number of nitrogens with one attached hydrogen (secondary N) is 1. The lowest BCUT2D eigenvalue weighted by Crippen LogP contribution is -2.37. The molecule has 0 radical (unpaired) electrons. The van der Waals surface area contributed by atoms with E-state index in [1.54, 1.807) is 6.07 Å². The smallest absolute Gasteiger partial charge is 0.141 e. The van der Waals surface area contributed by atoms with Crippen LogP contribution in [0.2, 0.25) is 0 Å². The van der Waals surface area contributed by atoms with E-state index in [0.29, 0.717) is 6.54 Å². The normalized spacial score (nSPS) is 20.4. The van der Waals surface area contributed by atoms with Crippen molar-refractivity contribution in [3.8, 4) is 0 Å². The number of rotatable bonds is 3. The largest absolute Gasteiger partial charge is 0.377 e. The van der Waals surface area contributed by atoms with Crippen LogP contribution in [0.25, 0.3) is 0 Å². The van der Waals surface area contributed by atoms with Gasteiger partial charge in [0.2, 0.25) is 0 Å². The Morgan fingerprint density at radius 3 is 2.95 bits per heavy atom. The van der Waals surface area contributed by atoms with E-state index in [2.05, 4.69) is 42.9 Å². The molecule has 118 valence electrons. The zero-order chi connectivity index (χ0) is 15.5.